The first kappa shape index (κ1) is 20.6. The second-order valence-corrected chi connectivity index (χ2v) is 8.50. The van der Waals surface area contributed by atoms with Crippen LogP contribution in [0.3, 0.4) is 0 Å². The molecule has 4 nitrogen and oxygen atoms in total. The number of piperidine rings is 1. The number of amides is 1. The van der Waals surface area contributed by atoms with E-state index in [-0.39, 0.29) is 24.3 Å². The number of carbonyl (C=O) groups excluding carboxylic acids is 1. The summed E-state index contributed by atoms with van der Waals surface area (Å²) in [7, 11) is 0. The number of benzene rings is 2. The van der Waals surface area contributed by atoms with Crippen molar-refractivity contribution in [2.75, 3.05) is 29.9 Å². The average Bonchev–Trinajstić information content (AvgIpc) is 3.31. The summed E-state index contributed by atoms with van der Waals surface area (Å²) in [4.78, 5) is 16.0. The number of hydrogen-bond acceptors (Lipinski definition) is 4. The third-order valence-electron chi connectivity index (χ3n) is 5.37. The predicted octanol–water partition coefficient (Wildman–Crippen LogP) is 5.20. The highest BCUT2D eigenvalue weighted by molar-refractivity contribution is 7.10. The van der Waals surface area contributed by atoms with E-state index < -0.39 is 0 Å². The van der Waals surface area contributed by atoms with Gasteiger partial charge in [0, 0.05) is 29.3 Å². The zero-order chi connectivity index (χ0) is 20.8. The number of hydrogen-bond donors (Lipinski definition) is 2. The summed E-state index contributed by atoms with van der Waals surface area (Å²) in [5.74, 6) is -0.376. The number of anilines is 2. The van der Waals surface area contributed by atoms with Crippen LogP contribution in [0.5, 0.6) is 0 Å². The van der Waals surface area contributed by atoms with E-state index in [0.717, 1.165) is 29.2 Å². The smallest absolute Gasteiger partial charge is 0.238 e. The summed E-state index contributed by atoms with van der Waals surface area (Å²) in [5, 5.41) is 8.26. The van der Waals surface area contributed by atoms with Crippen molar-refractivity contribution in [2.24, 2.45) is 0 Å². The Morgan fingerprint density at radius 3 is 2.40 bits per heavy atom. The summed E-state index contributed by atoms with van der Waals surface area (Å²) >= 11 is 1.61. The minimum absolute atomic E-state index is 0.107. The maximum absolute atomic E-state index is 13.3. The summed E-state index contributed by atoms with van der Waals surface area (Å²) in [5.41, 5.74) is 2.93. The number of halogens is 1. The van der Waals surface area contributed by atoms with Gasteiger partial charge < -0.3 is 10.2 Å². The van der Waals surface area contributed by atoms with Crippen molar-refractivity contribution in [3.8, 4) is 0 Å². The SMILES string of the molecule is O=C(CN[C@@H](c1ccc(F)cc1)c1cccs1)Nc1ccc(N2CCCCC2)cc1. The van der Waals surface area contributed by atoms with Gasteiger partial charge in [-0.3, -0.25) is 10.1 Å². The monoisotopic (exact) mass is 423 g/mol. The quantitative estimate of drug-likeness (QED) is 0.549. The lowest BCUT2D eigenvalue weighted by Gasteiger charge is -2.28. The van der Waals surface area contributed by atoms with Crippen LogP contribution in [0.1, 0.15) is 35.7 Å². The lowest BCUT2D eigenvalue weighted by Crippen LogP contribution is -2.31. The lowest BCUT2D eigenvalue weighted by atomic mass is 10.1. The highest BCUT2D eigenvalue weighted by Gasteiger charge is 2.17. The van der Waals surface area contributed by atoms with Crippen LogP contribution in [-0.2, 0) is 4.79 Å². The molecule has 6 heteroatoms. The first-order valence-electron chi connectivity index (χ1n) is 10.4. The van der Waals surface area contributed by atoms with Crippen molar-refractivity contribution in [2.45, 2.75) is 25.3 Å². The Balaban J connectivity index is 1.36. The molecule has 1 saturated heterocycles. The minimum Gasteiger partial charge on any atom is -0.372 e. The fourth-order valence-electron chi connectivity index (χ4n) is 3.80. The molecule has 0 unspecified atom stereocenters. The number of nitrogens with zero attached hydrogens (tertiary/aromatic N) is 1. The third kappa shape index (κ3) is 5.26. The molecule has 30 heavy (non-hydrogen) atoms. The van der Waals surface area contributed by atoms with Crippen LogP contribution >= 0.6 is 11.3 Å². The Labute approximate surface area is 180 Å². The Morgan fingerprint density at radius 2 is 1.73 bits per heavy atom. The van der Waals surface area contributed by atoms with Gasteiger partial charge >= 0.3 is 0 Å². The van der Waals surface area contributed by atoms with Crippen molar-refractivity contribution in [3.05, 3.63) is 82.3 Å². The van der Waals surface area contributed by atoms with Crippen LogP contribution in [0.15, 0.2) is 66.0 Å². The maximum atomic E-state index is 13.3. The zero-order valence-electron chi connectivity index (χ0n) is 16.8. The van der Waals surface area contributed by atoms with E-state index in [0.29, 0.717) is 0 Å². The van der Waals surface area contributed by atoms with Gasteiger partial charge in [-0.15, -0.1) is 11.3 Å². The Morgan fingerprint density at radius 1 is 1.00 bits per heavy atom. The normalized spacial score (nSPS) is 15.0. The number of nitrogens with one attached hydrogen (secondary N) is 2. The van der Waals surface area contributed by atoms with E-state index in [1.807, 2.05) is 29.6 Å². The molecule has 3 aromatic rings. The first-order chi connectivity index (χ1) is 14.7. The van der Waals surface area contributed by atoms with Crippen LogP contribution < -0.4 is 15.5 Å². The lowest BCUT2D eigenvalue weighted by molar-refractivity contribution is -0.115. The second kappa shape index (κ2) is 9.87. The Bertz CT molecular complexity index is 936. The Kier molecular flexibility index (Phi) is 6.77. The zero-order valence-corrected chi connectivity index (χ0v) is 17.6. The Hall–Kier alpha value is -2.70. The van der Waals surface area contributed by atoms with Gasteiger partial charge in [-0.1, -0.05) is 18.2 Å². The van der Waals surface area contributed by atoms with Crippen LogP contribution in [-0.4, -0.2) is 25.5 Å². The molecule has 2 aromatic carbocycles. The molecule has 0 spiro atoms. The number of thiophene rings is 1. The summed E-state index contributed by atoms with van der Waals surface area (Å²) in [6.07, 6.45) is 3.79. The largest absolute Gasteiger partial charge is 0.372 e. The predicted molar refractivity (Wildman–Crippen MR) is 122 cm³/mol. The van der Waals surface area contributed by atoms with Crippen LogP contribution in [0, 0.1) is 5.82 Å². The van der Waals surface area contributed by atoms with Gasteiger partial charge in [0.05, 0.1) is 12.6 Å². The molecule has 2 N–H and O–H groups in total. The highest BCUT2D eigenvalue weighted by atomic mass is 32.1. The van der Waals surface area contributed by atoms with E-state index in [2.05, 4.69) is 27.7 Å². The van der Waals surface area contributed by atoms with Crippen LogP contribution in [0.25, 0.3) is 0 Å². The summed E-state index contributed by atoms with van der Waals surface area (Å²) < 4.78 is 13.3. The molecule has 2 heterocycles. The molecule has 0 radical (unpaired) electrons. The molecule has 0 saturated carbocycles. The average molecular weight is 424 g/mol. The molecular formula is C24H26FN3OS. The molecule has 1 aromatic heterocycles. The van der Waals surface area contributed by atoms with Gasteiger partial charge in [0.2, 0.25) is 5.91 Å². The van der Waals surface area contributed by atoms with E-state index in [9.17, 15) is 9.18 Å². The van der Waals surface area contributed by atoms with Crippen LogP contribution in [0.2, 0.25) is 0 Å². The number of carbonyl (C=O) groups is 1. The topological polar surface area (TPSA) is 44.4 Å². The van der Waals surface area contributed by atoms with Crippen molar-refractivity contribution < 1.29 is 9.18 Å². The van der Waals surface area contributed by atoms with Crippen molar-refractivity contribution >= 4 is 28.6 Å². The van der Waals surface area contributed by atoms with Gasteiger partial charge in [-0.2, -0.15) is 0 Å². The molecule has 1 atom stereocenters. The minimum atomic E-state index is -0.269. The van der Waals surface area contributed by atoms with Crippen molar-refractivity contribution in [3.63, 3.8) is 0 Å². The molecule has 156 valence electrons. The maximum Gasteiger partial charge on any atom is 0.238 e. The molecule has 0 aliphatic carbocycles. The molecule has 1 fully saturated rings. The molecule has 4 rings (SSSR count). The molecular weight excluding hydrogens is 397 g/mol. The third-order valence-corrected chi connectivity index (χ3v) is 6.31. The fourth-order valence-corrected chi connectivity index (χ4v) is 4.63. The number of rotatable bonds is 7. The molecule has 0 bridgehead atoms. The van der Waals surface area contributed by atoms with E-state index in [4.69, 9.17) is 0 Å². The van der Waals surface area contributed by atoms with Gasteiger partial charge in [-0.25, -0.2) is 4.39 Å². The van der Waals surface area contributed by atoms with Crippen LogP contribution in [0.4, 0.5) is 15.8 Å². The van der Waals surface area contributed by atoms with Gasteiger partial charge in [-0.05, 0) is 72.7 Å². The molecule has 1 amide bonds. The van der Waals surface area contributed by atoms with Crippen molar-refractivity contribution in [1.29, 1.82) is 0 Å². The van der Waals surface area contributed by atoms with E-state index >= 15 is 0 Å². The molecule has 1 aliphatic rings. The standard InChI is InChI=1S/C24H26FN3OS/c25-19-8-6-18(7-9-19)24(22-5-4-16-30-22)26-17-23(29)27-20-10-12-21(13-11-20)28-14-2-1-3-15-28/h4-13,16,24,26H,1-3,14-15,17H2,(H,27,29)/t24-/m0/s1. The highest BCUT2D eigenvalue weighted by Crippen LogP contribution is 2.26. The van der Waals surface area contributed by atoms with E-state index in [1.165, 1.54) is 37.1 Å². The van der Waals surface area contributed by atoms with Gasteiger partial charge in [0.15, 0.2) is 0 Å². The van der Waals surface area contributed by atoms with E-state index in [1.54, 1.807) is 23.5 Å². The van der Waals surface area contributed by atoms with Gasteiger partial charge in [0.25, 0.3) is 0 Å². The van der Waals surface area contributed by atoms with Gasteiger partial charge in [0.1, 0.15) is 5.82 Å². The second-order valence-electron chi connectivity index (χ2n) is 7.52. The summed E-state index contributed by atoms with van der Waals surface area (Å²) in [6, 6.07) is 18.3. The molecule has 1 aliphatic heterocycles. The fraction of sp³-hybridized carbons (Fsp3) is 0.292. The first-order valence-corrected chi connectivity index (χ1v) is 11.2. The van der Waals surface area contributed by atoms with Crippen molar-refractivity contribution in [1.82, 2.24) is 5.32 Å². The summed E-state index contributed by atoms with van der Waals surface area (Å²) in [6.45, 7) is 2.36.